The average Bonchev–Trinajstić information content (AvgIpc) is 3.48. The van der Waals surface area contributed by atoms with E-state index >= 15 is 0 Å². The number of anilines is 1. The zero-order chi connectivity index (χ0) is 32.0. The normalized spacial score (nSPS) is 26.8. The van der Waals surface area contributed by atoms with Gasteiger partial charge >= 0.3 is 6.09 Å². The van der Waals surface area contributed by atoms with Crippen LogP contribution in [-0.4, -0.2) is 85.8 Å². The summed E-state index contributed by atoms with van der Waals surface area (Å²) in [5, 5.41) is 18.7. The standard InChI is InChI=1S/C33H42N4O7S2/c1-19(2)15-37(46(40,41)23-10-11-26-29(14-23)45-32(35-26)34-22-8-9-22)16-28(38)27(12-20-6-4-3-5-7-20)36-33(39)44-30-21-13-24-25(30)18-43-31(24)42-17-21/h3-7,10-11,14,19,21-22,24-25,27-28,30-31,38H,8-9,12-13,15-18H2,1-2H3,(H,34,35)(H,36,39)/t21?,24?,25?,27-,28+,30-,31?/m0/s1. The largest absolute Gasteiger partial charge is 0.445 e. The molecular formula is C33H42N4O7S2. The van der Waals surface area contributed by atoms with Gasteiger partial charge < -0.3 is 30.0 Å². The summed E-state index contributed by atoms with van der Waals surface area (Å²) in [6.07, 6.45) is 1.03. The molecule has 3 aromatic rings. The number of nitrogens with zero attached hydrogens (tertiary/aromatic N) is 2. The second kappa shape index (κ2) is 13.0. The van der Waals surface area contributed by atoms with Crippen LogP contribution in [0, 0.1) is 23.7 Å². The van der Waals surface area contributed by atoms with Gasteiger partial charge in [-0.05, 0) is 55.4 Å². The maximum atomic E-state index is 14.1. The van der Waals surface area contributed by atoms with E-state index in [2.05, 4.69) is 15.6 Å². The van der Waals surface area contributed by atoms with Gasteiger partial charge in [-0.25, -0.2) is 18.2 Å². The Hall–Kier alpha value is -2.81. The number of aliphatic hydroxyl groups is 1. The van der Waals surface area contributed by atoms with Gasteiger partial charge in [-0.3, -0.25) is 0 Å². The van der Waals surface area contributed by atoms with Crippen LogP contribution in [-0.2, 0) is 30.7 Å². The zero-order valence-electron chi connectivity index (χ0n) is 26.1. The molecule has 2 aliphatic heterocycles. The van der Waals surface area contributed by atoms with E-state index in [1.807, 2.05) is 44.2 Å². The number of sulfonamides is 1. The Kier molecular flexibility index (Phi) is 8.98. The number of rotatable bonds is 13. The summed E-state index contributed by atoms with van der Waals surface area (Å²) in [5.41, 5.74) is 1.64. The number of alkyl carbamates (subject to hydrolysis) is 1. The number of carbonyl (C=O) groups is 1. The SMILES string of the molecule is CC(C)CN(C[C@@H](O)[C@H](Cc1ccccc1)NC(=O)O[C@H]1C2COC3OCC1C3C2)S(=O)(=O)c1ccc2nc(NC3CC3)sc2c1. The molecule has 13 heteroatoms. The number of aliphatic hydroxyl groups excluding tert-OH is 1. The van der Waals surface area contributed by atoms with Gasteiger partial charge in [0.25, 0.3) is 0 Å². The summed E-state index contributed by atoms with van der Waals surface area (Å²) >= 11 is 1.44. The lowest BCUT2D eigenvalue weighted by Gasteiger charge is -2.31. The number of aromatic nitrogens is 1. The fraction of sp³-hybridized carbons (Fsp3) is 0.576. The molecule has 3 heterocycles. The van der Waals surface area contributed by atoms with Crippen molar-refractivity contribution < 1.29 is 32.5 Å². The fourth-order valence-electron chi connectivity index (χ4n) is 7.00. The molecule has 11 nitrogen and oxygen atoms in total. The zero-order valence-corrected chi connectivity index (χ0v) is 27.7. The topological polar surface area (TPSA) is 139 Å². The molecule has 2 aromatic carbocycles. The van der Waals surface area contributed by atoms with Crippen LogP contribution in [0.15, 0.2) is 53.4 Å². The molecule has 4 aliphatic rings. The lowest BCUT2D eigenvalue weighted by Crippen LogP contribution is -2.52. The quantitative estimate of drug-likeness (QED) is 0.244. The molecule has 46 heavy (non-hydrogen) atoms. The van der Waals surface area contributed by atoms with Crippen molar-refractivity contribution in [1.29, 1.82) is 0 Å². The molecule has 0 radical (unpaired) electrons. The Morgan fingerprint density at radius 1 is 1.11 bits per heavy atom. The summed E-state index contributed by atoms with van der Waals surface area (Å²) in [4.78, 5) is 18.1. The molecule has 4 unspecified atom stereocenters. The van der Waals surface area contributed by atoms with E-state index in [-0.39, 0.29) is 54.1 Å². The molecule has 2 saturated heterocycles. The smallest absolute Gasteiger partial charge is 0.407 e. The van der Waals surface area contributed by atoms with E-state index in [1.165, 1.54) is 15.6 Å². The number of nitrogens with one attached hydrogen (secondary N) is 2. The highest BCUT2D eigenvalue weighted by atomic mass is 32.2. The molecule has 2 saturated carbocycles. The van der Waals surface area contributed by atoms with Gasteiger partial charge in [0.1, 0.15) is 6.10 Å². The van der Waals surface area contributed by atoms with Crippen molar-refractivity contribution in [3.8, 4) is 0 Å². The second-order valence-electron chi connectivity index (χ2n) is 13.5. The minimum Gasteiger partial charge on any atom is -0.445 e. The highest BCUT2D eigenvalue weighted by Crippen LogP contribution is 2.49. The van der Waals surface area contributed by atoms with Crippen molar-refractivity contribution >= 4 is 42.8 Å². The van der Waals surface area contributed by atoms with Gasteiger partial charge in [-0.1, -0.05) is 55.5 Å². The number of ether oxygens (including phenoxy) is 3. The average molecular weight is 671 g/mol. The third-order valence-electron chi connectivity index (χ3n) is 9.46. The first kappa shape index (κ1) is 31.8. The molecule has 1 amide bonds. The van der Waals surface area contributed by atoms with E-state index in [1.54, 1.807) is 18.2 Å². The molecule has 248 valence electrons. The molecule has 7 atom stereocenters. The van der Waals surface area contributed by atoms with Gasteiger partial charge in [0, 0.05) is 36.9 Å². The summed E-state index contributed by atoms with van der Waals surface area (Å²) in [6.45, 7) is 4.85. The van der Waals surface area contributed by atoms with Gasteiger partial charge in [0.05, 0.1) is 40.5 Å². The molecule has 1 aromatic heterocycles. The predicted molar refractivity (Wildman–Crippen MR) is 174 cm³/mol. The van der Waals surface area contributed by atoms with Crippen molar-refractivity contribution in [2.45, 2.75) is 75.0 Å². The van der Waals surface area contributed by atoms with Crippen LogP contribution in [0.25, 0.3) is 10.2 Å². The van der Waals surface area contributed by atoms with Crippen LogP contribution in [0.4, 0.5) is 9.93 Å². The van der Waals surface area contributed by atoms with Gasteiger partial charge in [-0.2, -0.15) is 4.31 Å². The number of carbonyl (C=O) groups excluding carboxylic acids is 1. The van der Waals surface area contributed by atoms with Crippen LogP contribution in [0.2, 0.25) is 0 Å². The van der Waals surface area contributed by atoms with Gasteiger partial charge in [0.15, 0.2) is 11.4 Å². The first-order valence-corrected chi connectivity index (χ1v) is 18.5. The molecular weight excluding hydrogens is 629 g/mol. The number of amides is 1. The first-order valence-electron chi connectivity index (χ1n) is 16.2. The van der Waals surface area contributed by atoms with E-state index in [4.69, 9.17) is 14.2 Å². The van der Waals surface area contributed by atoms with Crippen LogP contribution in [0.3, 0.4) is 0 Å². The molecule has 4 fully saturated rings. The number of thiazole rings is 1. The molecule has 0 spiro atoms. The maximum Gasteiger partial charge on any atom is 0.407 e. The lowest BCUT2D eigenvalue weighted by atomic mass is 9.98. The summed E-state index contributed by atoms with van der Waals surface area (Å²) in [7, 11) is -3.99. The minimum absolute atomic E-state index is 0.00430. The Morgan fingerprint density at radius 3 is 2.65 bits per heavy atom. The Morgan fingerprint density at radius 2 is 1.89 bits per heavy atom. The molecule has 2 bridgehead atoms. The highest BCUT2D eigenvalue weighted by Gasteiger charge is 2.56. The third kappa shape index (κ3) is 6.76. The third-order valence-corrected chi connectivity index (χ3v) is 12.2. The van der Waals surface area contributed by atoms with Gasteiger partial charge in [0.2, 0.25) is 10.0 Å². The fourth-order valence-corrected chi connectivity index (χ4v) is 9.71. The minimum atomic E-state index is -3.99. The lowest BCUT2D eigenvalue weighted by molar-refractivity contribution is -0.169. The van der Waals surface area contributed by atoms with Crippen LogP contribution in [0.5, 0.6) is 0 Å². The van der Waals surface area contributed by atoms with Crippen molar-refractivity contribution in [2.24, 2.45) is 23.7 Å². The molecule has 2 aliphatic carbocycles. The first-order chi connectivity index (χ1) is 22.1. The Bertz CT molecular complexity index is 1650. The maximum absolute atomic E-state index is 14.1. The van der Waals surface area contributed by atoms with Crippen molar-refractivity contribution in [1.82, 2.24) is 14.6 Å². The number of fused-ring (bicyclic) bond motifs is 2. The van der Waals surface area contributed by atoms with Crippen molar-refractivity contribution in [2.75, 3.05) is 31.6 Å². The highest BCUT2D eigenvalue weighted by molar-refractivity contribution is 7.89. The van der Waals surface area contributed by atoms with E-state index in [0.717, 1.165) is 40.2 Å². The number of benzene rings is 2. The monoisotopic (exact) mass is 670 g/mol. The summed E-state index contributed by atoms with van der Waals surface area (Å²) in [6, 6.07) is 14.1. The van der Waals surface area contributed by atoms with Crippen LogP contribution in [0.1, 0.15) is 38.7 Å². The molecule has 7 rings (SSSR count). The van der Waals surface area contributed by atoms with Crippen LogP contribution >= 0.6 is 11.3 Å². The Balaban J connectivity index is 1.09. The van der Waals surface area contributed by atoms with E-state index < -0.39 is 28.3 Å². The second-order valence-corrected chi connectivity index (χ2v) is 16.5. The van der Waals surface area contributed by atoms with Crippen molar-refractivity contribution in [3.63, 3.8) is 0 Å². The van der Waals surface area contributed by atoms with E-state index in [9.17, 15) is 18.3 Å². The number of hydrogen-bond donors (Lipinski definition) is 3. The summed E-state index contributed by atoms with van der Waals surface area (Å²) in [5.74, 6) is 0.419. The number of hydrogen-bond acceptors (Lipinski definition) is 10. The Labute approximate surface area is 273 Å². The predicted octanol–water partition coefficient (Wildman–Crippen LogP) is 4.22. The van der Waals surface area contributed by atoms with Crippen LogP contribution < -0.4 is 10.6 Å². The van der Waals surface area contributed by atoms with Crippen molar-refractivity contribution in [3.05, 3.63) is 54.1 Å². The van der Waals surface area contributed by atoms with E-state index in [0.29, 0.717) is 25.7 Å². The van der Waals surface area contributed by atoms with Gasteiger partial charge in [-0.15, -0.1) is 0 Å². The summed E-state index contributed by atoms with van der Waals surface area (Å²) < 4.78 is 47.9. The molecule has 3 N–H and O–H groups in total.